The summed E-state index contributed by atoms with van der Waals surface area (Å²) in [6.45, 7) is 1.36. The van der Waals surface area contributed by atoms with Gasteiger partial charge in [-0.2, -0.15) is 0 Å². The van der Waals surface area contributed by atoms with E-state index in [1.54, 1.807) is 0 Å². The minimum Gasteiger partial charge on any atom is -0.480 e. The molecule has 0 aliphatic rings. The molecule has 5 heteroatoms. The van der Waals surface area contributed by atoms with Gasteiger partial charge in [-0.05, 0) is 18.9 Å². The average molecular weight is 251 g/mol. The Balaban J connectivity index is 2.44. The smallest absolute Gasteiger partial charge is 0.328 e. The van der Waals surface area contributed by atoms with Crippen molar-refractivity contribution in [2.75, 3.05) is 6.61 Å². The van der Waals surface area contributed by atoms with Crippen LogP contribution in [0.2, 0.25) is 0 Å². The fraction of sp³-hybridized carbons (Fsp3) is 0.385. The van der Waals surface area contributed by atoms with Crippen LogP contribution in [-0.4, -0.2) is 34.7 Å². The number of nitrogens with one attached hydrogen (secondary N) is 1. The first-order chi connectivity index (χ1) is 8.52. The molecule has 0 fully saturated rings. The third-order valence-corrected chi connectivity index (χ3v) is 2.54. The molecular weight excluding hydrogens is 234 g/mol. The lowest BCUT2D eigenvalue weighted by atomic mass is 10.1. The molecule has 1 rings (SSSR count). The summed E-state index contributed by atoms with van der Waals surface area (Å²) in [5, 5.41) is 19.7. The van der Waals surface area contributed by atoms with Gasteiger partial charge in [-0.1, -0.05) is 29.8 Å². The molecule has 18 heavy (non-hydrogen) atoms. The number of rotatable bonds is 6. The molecule has 0 aliphatic heterocycles. The van der Waals surface area contributed by atoms with Crippen LogP contribution in [0.25, 0.3) is 0 Å². The Morgan fingerprint density at radius 2 is 2.11 bits per heavy atom. The first kappa shape index (κ1) is 14.2. The van der Waals surface area contributed by atoms with Gasteiger partial charge in [-0.3, -0.25) is 4.79 Å². The number of aliphatic hydroxyl groups is 1. The normalized spacial score (nSPS) is 11.9. The number of carboxylic acids is 1. The number of aliphatic hydroxyl groups excluding tert-OH is 1. The average Bonchev–Trinajstić information content (AvgIpc) is 2.33. The zero-order chi connectivity index (χ0) is 13.5. The monoisotopic (exact) mass is 251 g/mol. The van der Waals surface area contributed by atoms with E-state index in [-0.39, 0.29) is 12.3 Å². The summed E-state index contributed by atoms with van der Waals surface area (Å²) in [5.74, 6) is -1.61. The van der Waals surface area contributed by atoms with Crippen molar-refractivity contribution in [3.05, 3.63) is 35.4 Å². The van der Waals surface area contributed by atoms with Crippen LogP contribution in [-0.2, 0) is 16.0 Å². The van der Waals surface area contributed by atoms with Gasteiger partial charge in [0.15, 0.2) is 0 Å². The molecule has 1 aromatic rings. The van der Waals surface area contributed by atoms with Gasteiger partial charge in [-0.15, -0.1) is 0 Å². The highest BCUT2D eigenvalue weighted by molar-refractivity contribution is 5.83. The van der Waals surface area contributed by atoms with Crippen LogP contribution < -0.4 is 5.32 Å². The van der Waals surface area contributed by atoms with E-state index in [9.17, 15) is 9.59 Å². The second-order valence-corrected chi connectivity index (χ2v) is 4.13. The molecule has 0 spiro atoms. The zero-order valence-electron chi connectivity index (χ0n) is 10.2. The topological polar surface area (TPSA) is 86.6 Å². The molecule has 0 aliphatic carbocycles. The van der Waals surface area contributed by atoms with Crippen LogP contribution >= 0.6 is 0 Å². The summed E-state index contributed by atoms with van der Waals surface area (Å²) in [6, 6.07) is 6.55. The molecule has 0 aromatic heterocycles. The lowest BCUT2D eigenvalue weighted by Crippen LogP contribution is -2.43. The minimum atomic E-state index is -1.23. The minimum absolute atomic E-state index is 0.202. The standard InChI is InChI=1S/C13H17NO4/c1-9-3-2-4-10(7-9)5-6-12(16)14-11(8-15)13(17)18/h2-4,7,11,15H,5-6,8H2,1H3,(H,14,16)(H,17,18). The van der Waals surface area contributed by atoms with Gasteiger partial charge in [0.2, 0.25) is 5.91 Å². The van der Waals surface area contributed by atoms with Crippen molar-refractivity contribution in [3.63, 3.8) is 0 Å². The van der Waals surface area contributed by atoms with Gasteiger partial charge < -0.3 is 15.5 Å². The van der Waals surface area contributed by atoms with Gasteiger partial charge in [0.1, 0.15) is 6.04 Å². The Labute approximate surface area is 105 Å². The highest BCUT2D eigenvalue weighted by atomic mass is 16.4. The van der Waals surface area contributed by atoms with Crippen molar-refractivity contribution < 1.29 is 19.8 Å². The highest BCUT2D eigenvalue weighted by Gasteiger charge is 2.18. The fourth-order valence-electron chi connectivity index (χ4n) is 1.58. The SMILES string of the molecule is Cc1cccc(CCC(=O)NC(CO)C(=O)O)c1. The van der Waals surface area contributed by atoms with E-state index in [1.165, 1.54) is 0 Å². The van der Waals surface area contributed by atoms with Gasteiger partial charge in [0, 0.05) is 6.42 Å². The van der Waals surface area contributed by atoms with Crippen LogP contribution in [0.4, 0.5) is 0 Å². The molecule has 0 radical (unpaired) electrons. The van der Waals surface area contributed by atoms with Crippen molar-refractivity contribution in [3.8, 4) is 0 Å². The summed E-state index contributed by atoms with van der Waals surface area (Å²) in [7, 11) is 0. The molecular formula is C13H17NO4. The maximum absolute atomic E-state index is 11.5. The summed E-state index contributed by atoms with van der Waals surface area (Å²) in [4.78, 5) is 22.1. The lowest BCUT2D eigenvalue weighted by Gasteiger charge is -2.11. The van der Waals surface area contributed by atoms with Crippen molar-refractivity contribution in [1.82, 2.24) is 5.32 Å². The molecule has 1 aromatic carbocycles. The maximum Gasteiger partial charge on any atom is 0.328 e. The van der Waals surface area contributed by atoms with Crippen molar-refractivity contribution >= 4 is 11.9 Å². The van der Waals surface area contributed by atoms with Crippen LogP contribution in [0, 0.1) is 6.92 Å². The number of hydrogen-bond donors (Lipinski definition) is 3. The molecule has 1 unspecified atom stereocenters. The molecule has 1 amide bonds. The number of aryl methyl sites for hydroxylation is 2. The third-order valence-electron chi connectivity index (χ3n) is 2.54. The van der Waals surface area contributed by atoms with E-state index in [1.807, 2.05) is 31.2 Å². The van der Waals surface area contributed by atoms with E-state index < -0.39 is 18.6 Å². The predicted molar refractivity (Wildman–Crippen MR) is 66.2 cm³/mol. The molecule has 0 bridgehead atoms. The van der Waals surface area contributed by atoms with E-state index in [0.717, 1.165) is 11.1 Å². The summed E-state index contributed by atoms with van der Waals surface area (Å²) in [6.07, 6.45) is 0.749. The number of carbonyl (C=O) groups excluding carboxylic acids is 1. The molecule has 3 N–H and O–H groups in total. The van der Waals surface area contributed by atoms with E-state index in [0.29, 0.717) is 6.42 Å². The maximum atomic E-state index is 11.5. The Morgan fingerprint density at radius 1 is 1.39 bits per heavy atom. The highest BCUT2D eigenvalue weighted by Crippen LogP contribution is 2.06. The molecule has 98 valence electrons. The first-order valence-electron chi connectivity index (χ1n) is 5.71. The summed E-state index contributed by atoms with van der Waals surface area (Å²) < 4.78 is 0. The third kappa shape index (κ3) is 4.55. The van der Waals surface area contributed by atoms with E-state index in [2.05, 4.69) is 5.32 Å². The van der Waals surface area contributed by atoms with E-state index in [4.69, 9.17) is 10.2 Å². The van der Waals surface area contributed by atoms with Gasteiger partial charge in [0.25, 0.3) is 0 Å². The number of hydrogen-bond acceptors (Lipinski definition) is 3. The molecule has 0 heterocycles. The Kier molecular flexibility index (Phi) is 5.32. The van der Waals surface area contributed by atoms with Crippen molar-refractivity contribution in [2.45, 2.75) is 25.8 Å². The number of carbonyl (C=O) groups is 2. The first-order valence-corrected chi connectivity index (χ1v) is 5.71. The molecule has 0 saturated heterocycles. The molecule has 1 atom stereocenters. The zero-order valence-corrected chi connectivity index (χ0v) is 10.2. The van der Waals surface area contributed by atoms with Gasteiger partial charge in [-0.25, -0.2) is 4.79 Å². The lowest BCUT2D eigenvalue weighted by molar-refractivity contribution is -0.142. The Bertz CT molecular complexity index is 431. The number of aliphatic carboxylic acids is 1. The van der Waals surface area contributed by atoms with Gasteiger partial charge >= 0.3 is 5.97 Å². The van der Waals surface area contributed by atoms with Crippen molar-refractivity contribution in [2.24, 2.45) is 0 Å². The molecule has 0 saturated carbocycles. The number of amides is 1. The van der Waals surface area contributed by atoms with Crippen LogP contribution in [0.3, 0.4) is 0 Å². The largest absolute Gasteiger partial charge is 0.480 e. The second kappa shape index (κ2) is 6.76. The van der Waals surface area contributed by atoms with Crippen LogP contribution in [0.1, 0.15) is 17.5 Å². The second-order valence-electron chi connectivity index (χ2n) is 4.13. The Morgan fingerprint density at radius 3 is 2.67 bits per heavy atom. The van der Waals surface area contributed by atoms with Crippen molar-refractivity contribution in [1.29, 1.82) is 0 Å². The van der Waals surface area contributed by atoms with E-state index >= 15 is 0 Å². The fourth-order valence-corrected chi connectivity index (χ4v) is 1.58. The van der Waals surface area contributed by atoms with Gasteiger partial charge in [0.05, 0.1) is 6.61 Å². The summed E-state index contributed by atoms with van der Waals surface area (Å²) in [5.41, 5.74) is 2.15. The number of carboxylic acid groups (broad SMARTS) is 1. The van der Waals surface area contributed by atoms with Crippen LogP contribution in [0.15, 0.2) is 24.3 Å². The summed E-state index contributed by atoms with van der Waals surface area (Å²) >= 11 is 0. The van der Waals surface area contributed by atoms with Crippen LogP contribution in [0.5, 0.6) is 0 Å². The quantitative estimate of drug-likeness (QED) is 0.686. The Hall–Kier alpha value is -1.88. The number of benzene rings is 1. The predicted octanol–water partition coefficient (Wildman–Crippen LogP) is 0.489. The molecule has 5 nitrogen and oxygen atoms in total.